The van der Waals surface area contributed by atoms with Gasteiger partial charge in [-0.3, -0.25) is 14.7 Å². The maximum atomic E-state index is 13.5. The predicted octanol–water partition coefficient (Wildman–Crippen LogP) is 3.46. The number of fused-ring (bicyclic) bond motifs is 1. The van der Waals surface area contributed by atoms with E-state index < -0.39 is 0 Å². The van der Waals surface area contributed by atoms with Crippen LogP contribution in [0, 0.1) is 30.6 Å². The average Bonchev–Trinajstić information content (AvgIpc) is 3.32. The quantitative estimate of drug-likeness (QED) is 0.638. The number of hydrogen-bond acceptors (Lipinski definition) is 4. The number of benzene rings is 1. The molecule has 0 radical (unpaired) electrons. The van der Waals surface area contributed by atoms with E-state index in [0.717, 1.165) is 11.3 Å². The van der Waals surface area contributed by atoms with Gasteiger partial charge in [-0.1, -0.05) is 49.4 Å². The number of nitrogens with one attached hydrogen (secondary N) is 1. The van der Waals surface area contributed by atoms with Crippen LogP contribution in [-0.2, 0) is 9.53 Å². The molecule has 1 N–H and O–H groups in total. The number of hydrogen-bond donors (Lipinski definition) is 1. The summed E-state index contributed by atoms with van der Waals surface area (Å²) in [5.41, 5.74) is 2.96. The van der Waals surface area contributed by atoms with Crippen LogP contribution in [0.3, 0.4) is 0 Å². The first-order valence-corrected chi connectivity index (χ1v) is 10.3. The molecule has 152 valence electrons. The Balaban J connectivity index is 1.60. The van der Waals surface area contributed by atoms with Crippen LogP contribution in [0.15, 0.2) is 42.5 Å². The van der Waals surface area contributed by atoms with E-state index in [4.69, 9.17) is 4.74 Å². The van der Waals surface area contributed by atoms with Crippen LogP contribution in [0.1, 0.15) is 29.9 Å². The molecule has 0 spiro atoms. The number of likely N-dealkylation sites (tertiary alicyclic amines) is 1. The van der Waals surface area contributed by atoms with Crippen molar-refractivity contribution in [2.75, 3.05) is 19.7 Å². The smallest absolute Gasteiger partial charge is 0.309 e. The topological polar surface area (TPSA) is 75.3 Å². The zero-order chi connectivity index (χ0) is 20.5. The number of rotatable bonds is 4. The maximum Gasteiger partial charge on any atom is 0.309 e. The fourth-order valence-corrected chi connectivity index (χ4v) is 4.71. The number of nitrogens with zero attached hydrogens (tertiary/aromatic N) is 2. The summed E-state index contributed by atoms with van der Waals surface area (Å²) in [4.78, 5) is 27.9. The molecule has 1 aliphatic carbocycles. The van der Waals surface area contributed by atoms with Crippen molar-refractivity contribution in [3.05, 3.63) is 53.7 Å². The van der Waals surface area contributed by atoms with Crippen LogP contribution >= 0.6 is 0 Å². The standard InChI is InChI=1S/C23H27N3O3/c1-4-29-23(28)19-14(2)10-11-17-12-26(13-18(17)19)22(27)20-15(3)24-25-21(20)16-8-6-5-7-9-16/h5-11,14,17-19H,4,12-13H2,1-3H3,(H,24,25)/t14-,17-,18-,19-/m0/s1. The first-order chi connectivity index (χ1) is 14.0. The van der Waals surface area contributed by atoms with Crippen molar-refractivity contribution in [3.63, 3.8) is 0 Å². The predicted molar refractivity (Wildman–Crippen MR) is 110 cm³/mol. The normalized spacial score (nSPS) is 25.7. The Hall–Kier alpha value is -2.89. The van der Waals surface area contributed by atoms with Gasteiger partial charge in [-0.2, -0.15) is 5.10 Å². The number of H-pyrrole nitrogens is 1. The van der Waals surface area contributed by atoms with Crippen molar-refractivity contribution in [2.45, 2.75) is 20.8 Å². The van der Waals surface area contributed by atoms with Gasteiger partial charge in [0.05, 0.1) is 18.1 Å². The largest absolute Gasteiger partial charge is 0.466 e. The lowest BCUT2D eigenvalue weighted by atomic mass is 9.72. The lowest BCUT2D eigenvalue weighted by Gasteiger charge is -2.31. The Morgan fingerprint density at radius 2 is 1.97 bits per heavy atom. The molecular formula is C23H27N3O3. The molecule has 0 saturated carbocycles. The number of aromatic nitrogens is 2. The van der Waals surface area contributed by atoms with E-state index >= 15 is 0 Å². The third-order valence-corrected chi connectivity index (χ3v) is 6.16. The van der Waals surface area contributed by atoms with E-state index in [1.807, 2.05) is 56.0 Å². The number of allylic oxidation sites excluding steroid dienone is 1. The molecule has 1 aliphatic heterocycles. The molecule has 4 atom stereocenters. The number of carbonyl (C=O) groups excluding carboxylic acids is 2. The Bertz CT molecular complexity index is 934. The van der Waals surface area contributed by atoms with E-state index in [2.05, 4.69) is 22.3 Å². The van der Waals surface area contributed by atoms with Gasteiger partial charge < -0.3 is 9.64 Å². The highest BCUT2D eigenvalue weighted by atomic mass is 16.5. The van der Waals surface area contributed by atoms with Crippen molar-refractivity contribution in [2.24, 2.45) is 23.7 Å². The van der Waals surface area contributed by atoms with E-state index in [1.165, 1.54) is 0 Å². The lowest BCUT2D eigenvalue weighted by molar-refractivity contribution is -0.152. The van der Waals surface area contributed by atoms with Crippen molar-refractivity contribution < 1.29 is 14.3 Å². The molecule has 2 heterocycles. The highest BCUT2D eigenvalue weighted by Crippen LogP contribution is 2.41. The Morgan fingerprint density at radius 3 is 2.69 bits per heavy atom. The number of ether oxygens (including phenoxy) is 1. The second kappa shape index (κ2) is 7.85. The zero-order valence-electron chi connectivity index (χ0n) is 17.1. The summed E-state index contributed by atoms with van der Waals surface area (Å²) in [6.07, 6.45) is 4.26. The summed E-state index contributed by atoms with van der Waals surface area (Å²) >= 11 is 0. The van der Waals surface area contributed by atoms with Crippen LogP contribution in [0.5, 0.6) is 0 Å². The molecule has 0 bridgehead atoms. The highest BCUT2D eigenvalue weighted by Gasteiger charge is 2.46. The molecule has 2 aromatic rings. The van der Waals surface area contributed by atoms with Gasteiger partial charge in [0.2, 0.25) is 0 Å². The third kappa shape index (κ3) is 3.48. The molecule has 1 amide bonds. The minimum Gasteiger partial charge on any atom is -0.466 e. The zero-order valence-corrected chi connectivity index (χ0v) is 17.1. The molecule has 29 heavy (non-hydrogen) atoms. The number of esters is 1. The highest BCUT2D eigenvalue weighted by molar-refractivity contribution is 6.01. The van der Waals surface area contributed by atoms with E-state index in [9.17, 15) is 9.59 Å². The van der Waals surface area contributed by atoms with E-state index in [0.29, 0.717) is 31.0 Å². The fraction of sp³-hybridized carbons (Fsp3) is 0.435. The molecular weight excluding hydrogens is 366 g/mol. The van der Waals surface area contributed by atoms with Crippen molar-refractivity contribution in [3.8, 4) is 11.3 Å². The molecule has 4 rings (SSSR count). The molecule has 1 aromatic carbocycles. The Morgan fingerprint density at radius 1 is 1.21 bits per heavy atom. The molecule has 0 unspecified atom stereocenters. The number of aryl methyl sites for hydroxylation is 1. The molecule has 6 nitrogen and oxygen atoms in total. The van der Waals surface area contributed by atoms with E-state index in [1.54, 1.807) is 0 Å². The summed E-state index contributed by atoms with van der Waals surface area (Å²) in [5.74, 6) is -0.0173. The number of aromatic amines is 1. The van der Waals surface area contributed by atoms with Crippen LogP contribution in [0.25, 0.3) is 11.3 Å². The fourth-order valence-electron chi connectivity index (χ4n) is 4.71. The van der Waals surface area contributed by atoms with Gasteiger partial charge in [0.15, 0.2) is 0 Å². The van der Waals surface area contributed by atoms with Crippen LogP contribution in [0.4, 0.5) is 0 Å². The molecule has 2 aliphatic rings. The number of carbonyl (C=O) groups is 2. The van der Waals surface area contributed by atoms with Crippen LogP contribution < -0.4 is 0 Å². The molecule has 1 aromatic heterocycles. The first kappa shape index (κ1) is 19.4. The Labute approximate surface area is 170 Å². The lowest BCUT2D eigenvalue weighted by Crippen LogP contribution is -2.37. The summed E-state index contributed by atoms with van der Waals surface area (Å²) < 4.78 is 5.33. The van der Waals surface area contributed by atoms with Gasteiger partial charge >= 0.3 is 5.97 Å². The summed E-state index contributed by atoms with van der Waals surface area (Å²) in [6.45, 7) is 7.30. The van der Waals surface area contributed by atoms with Crippen molar-refractivity contribution >= 4 is 11.9 Å². The second-order valence-electron chi connectivity index (χ2n) is 8.00. The minimum atomic E-state index is -0.207. The van der Waals surface area contributed by atoms with Gasteiger partial charge in [-0.05, 0) is 31.6 Å². The number of amides is 1. The molecule has 1 fully saturated rings. The van der Waals surface area contributed by atoms with Gasteiger partial charge in [0.25, 0.3) is 5.91 Å². The third-order valence-electron chi connectivity index (χ3n) is 6.16. The summed E-state index contributed by atoms with van der Waals surface area (Å²) in [5, 5.41) is 7.36. The monoisotopic (exact) mass is 393 g/mol. The molecule has 6 heteroatoms. The van der Waals surface area contributed by atoms with Crippen molar-refractivity contribution in [1.82, 2.24) is 15.1 Å². The van der Waals surface area contributed by atoms with Crippen LogP contribution in [-0.4, -0.2) is 46.7 Å². The SMILES string of the molecule is CCOC(=O)[C@@H]1[C@H]2CN(C(=O)c3c(-c4ccccc4)n[nH]c3C)C[C@@H]2C=C[C@@H]1C. The van der Waals surface area contributed by atoms with Gasteiger partial charge in [0, 0.05) is 24.3 Å². The van der Waals surface area contributed by atoms with Crippen LogP contribution in [0.2, 0.25) is 0 Å². The average molecular weight is 393 g/mol. The minimum absolute atomic E-state index is 0.0341. The van der Waals surface area contributed by atoms with Gasteiger partial charge in [0.1, 0.15) is 5.69 Å². The summed E-state index contributed by atoms with van der Waals surface area (Å²) in [6, 6.07) is 9.73. The van der Waals surface area contributed by atoms with Gasteiger partial charge in [-0.15, -0.1) is 0 Å². The van der Waals surface area contributed by atoms with Crippen molar-refractivity contribution in [1.29, 1.82) is 0 Å². The first-order valence-electron chi connectivity index (χ1n) is 10.3. The Kier molecular flexibility index (Phi) is 5.26. The molecule has 1 saturated heterocycles. The van der Waals surface area contributed by atoms with Gasteiger partial charge in [-0.25, -0.2) is 0 Å². The summed E-state index contributed by atoms with van der Waals surface area (Å²) in [7, 11) is 0. The second-order valence-corrected chi connectivity index (χ2v) is 8.00. The maximum absolute atomic E-state index is 13.5. The van der Waals surface area contributed by atoms with E-state index in [-0.39, 0.29) is 35.5 Å².